The van der Waals surface area contributed by atoms with Crippen LogP contribution in [0.1, 0.15) is 38.5 Å². The predicted octanol–water partition coefficient (Wildman–Crippen LogP) is 1.24. The molecule has 0 aromatic carbocycles. The minimum atomic E-state index is -0.0274. The van der Waals surface area contributed by atoms with E-state index in [1.165, 1.54) is 6.42 Å². The van der Waals surface area contributed by atoms with Crippen LogP contribution in [0.3, 0.4) is 0 Å². The van der Waals surface area contributed by atoms with Crippen LogP contribution in [-0.4, -0.2) is 35.6 Å². The zero-order valence-corrected chi connectivity index (χ0v) is 8.45. The zero-order chi connectivity index (χ0) is 9.60. The summed E-state index contributed by atoms with van der Waals surface area (Å²) in [6, 6.07) is 0. The van der Waals surface area contributed by atoms with Crippen molar-refractivity contribution in [3.63, 3.8) is 0 Å². The number of fused-ring (bicyclic) bond motifs is 3. The minimum Gasteiger partial charge on any atom is -0.394 e. The lowest BCUT2D eigenvalue weighted by Crippen LogP contribution is -2.46. The van der Waals surface area contributed by atoms with E-state index in [1.54, 1.807) is 0 Å². The van der Waals surface area contributed by atoms with Crippen LogP contribution in [0.5, 0.6) is 0 Å². The van der Waals surface area contributed by atoms with Crippen LogP contribution in [0.4, 0.5) is 0 Å². The highest BCUT2D eigenvalue weighted by molar-refractivity contribution is 5.02. The molecule has 0 aromatic heterocycles. The van der Waals surface area contributed by atoms with Gasteiger partial charge < -0.3 is 14.6 Å². The molecule has 3 heteroatoms. The van der Waals surface area contributed by atoms with Crippen molar-refractivity contribution in [1.29, 1.82) is 0 Å². The molecule has 0 radical (unpaired) electrons. The molecular weight excluding hydrogens is 180 g/mol. The van der Waals surface area contributed by atoms with E-state index >= 15 is 0 Å². The fourth-order valence-electron chi connectivity index (χ4n) is 3.28. The first-order valence-corrected chi connectivity index (χ1v) is 5.76. The maximum absolute atomic E-state index is 9.08. The molecule has 4 unspecified atom stereocenters. The maximum Gasteiger partial charge on any atom is 0.0949 e. The van der Waals surface area contributed by atoms with E-state index in [4.69, 9.17) is 14.6 Å². The molecule has 3 fully saturated rings. The second kappa shape index (κ2) is 3.19. The van der Waals surface area contributed by atoms with Crippen molar-refractivity contribution in [1.82, 2.24) is 0 Å². The minimum absolute atomic E-state index is 0.0274. The Morgan fingerprint density at radius 1 is 1.14 bits per heavy atom. The van der Waals surface area contributed by atoms with Gasteiger partial charge in [0.15, 0.2) is 0 Å². The molecule has 3 rings (SSSR count). The topological polar surface area (TPSA) is 38.7 Å². The van der Waals surface area contributed by atoms with E-state index in [1.807, 2.05) is 0 Å². The molecule has 0 aromatic rings. The molecule has 3 aliphatic heterocycles. The van der Waals surface area contributed by atoms with Crippen molar-refractivity contribution in [2.45, 2.75) is 62.4 Å². The van der Waals surface area contributed by atoms with Gasteiger partial charge in [-0.3, -0.25) is 0 Å². The summed E-state index contributed by atoms with van der Waals surface area (Å²) >= 11 is 0. The lowest BCUT2D eigenvalue weighted by atomic mass is 9.87. The Hall–Kier alpha value is -0.120. The summed E-state index contributed by atoms with van der Waals surface area (Å²) in [5.41, 5.74) is -0.0274. The first kappa shape index (κ1) is 9.13. The quantitative estimate of drug-likeness (QED) is 0.689. The van der Waals surface area contributed by atoms with Crippen molar-refractivity contribution >= 4 is 0 Å². The molecule has 0 amide bonds. The summed E-state index contributed by atoms with van der Waals surface area (Å²) < 4.78 is 11.9. The molecule has 1 spiro atoms. The average Bonchev–Trinajstić information content (AvgIpc) is 2.77. The van der Waals surface area contributed by atoms with Gasteiger partial charge in [0.2, 0.25) is 0 Å². The molecule has 3 aliphatic rings. The van der Waals surface area contributed by atoms with Gasteiger partial charge in [0, 0.05) is 0 Å². The smallest absolute Gasteiger partial charge is 0.0949 e. The lowest BCUT2D eigenvalue weighted by molar-refractivity contribution is -0.171. The van der Waals surface area contributed by atoms with Crippen molar-refractivity contribution in [2.24, 2.45) is 0 Å². The van der Waals surface area contributed by atoms with E-state index in [0.29, 0.717) is 12.2 Å². The molecule has 1 N–H and O–H groups in total. The van der Waals surface area contributed by atoms with Gasteiger partial charge in [-0.15, -0.1) is 0 Å². The third-order valence-electron chi connectivity index (χ3n) is 4.08. The van der Waals surface area contributed by atoms with Gasteiger partial charge in [-0.05, 0) is 38.5 Å². The Balaban J connectivity index is 1.77. The molecule has 80 valence electrons. The molecule has 0 saturated carbocycles. The third kappa shape index (κ3) is 1.23. The fourth-order valence-corrected chi connectivity index (χ4v) is 3.28. The van der Waals surface area contributed by atoms with Crippen LogP contribution >= 0.6 is 0 Å². The molecule has 3 saturated heterocycles. The largest absolute Gasteiger partial charge is 0.394 e. The normalized spacial score (nSPS) is 51.6. The number of hydrogen-bond donors (Lipinski definition) is 1. The number of rotatable bonds is 1. The van der Waals surface area contributed by atoms with E-state index in [-0.39, 0.29) is 18.3 Å². The Morgan fingerprint density at radius 3 is 2.79 bits per heavy atom. The highest BCUT2D eigenvalue weighted by atomic mass is 16.6. The summed E-state index contributed by atoms with van der Waals surface area (Å²) in [5, 5.41) is 9.08. The summed E-state index contributed by atoms with van der Waals surface area (Å²) in [7, 11) is 0. The van der Waals surface area contributed by atoms with Gasteiger partial charge >= 0.3 is 0 Å². The van der Waals surface area contributed by atoms with Crippen LogP contribution in [0, 0.1) is 0 Å². The first-order chi connectivity index (χ1) is 6.82. The van der Waals surface area contributed by atoms with Crippen molar-refractivity contribution in [3.05, 3.63) is 0 Å². The van der Waals surface area contributed by atoms with Crippen LogP contribution in [0.25, 0.3) is 0 Å². The maximum atomic E-state index is 9.08. The first-order valence-electron chi connectivity index (χ1n) is 5.76. The molecular formula is C11H18O3. The van der Waals surface area contributed by atoms with E-state index in [9.17, 15) is 0 Å². The molecule has 3 heterocycles. The van der Waals surface area contributed by atoms with E-state index < -0.39 is 0 Å². The summed E-state index contributed by atoms with van der Waals surface area (Å²) in [6.07, 6.45) is 7.61. The molecule has 0 aliphatic carbocycles. The van der Waals surface area contributed by atoms with E-state index in [2.05, 4.69) is 0 Å². The Morgan fingerprint density at radius 2 is 2.00 bits per heavy atom. The van der Waals surface area contributed by atoms with Gasteiger partial charge in [0.25, 0.3) is 0 Å². The van der Waals surface area contributed by atoms with Crippen molar-refractivity contribution < 1.29 is 14.6 Å². The second-order valence-electron chi connectivity index (χ2n) is 4.89. The Bertz CT molecular complexity index is 231. The summed E-state index contributed by atoms with van der Waals surface area (Å²) in [4.78, 5) is 0. The van der Waals surface area contributed by atoms with Gasteiger partial charge in [0.05, 0.1) is 30.5 Å². The van der Waals surface area contributed by atoms with Crippen LogP contribution in [0.15, 0.2) is 0 Å². The number of aliphatic hydroxyl groups is 1. The third-order valence-corrected chi connectivity index (χ3v) is 4.08. The number of hydrogen-bond acceptors (Lipinski definition) is 3. The summed E-state index contributed by atoms with van der Waals surface area (Å²) in [6.45, 7) is 0.165. The van der Waals surface area contributed by atoms with Crippen molar-refractivity contribution in [2.75, 3.05) is 6.61 Å². The van der Waals surface area contributed by atoms with Crippen LogP contribution in [0.2, 0.25) is 0 Å². The van der Waals surface area contributed by atoms with Crippen LogP contribution in [-0.2, 0) is 9.47 Å². The number of aliphatic hydroxyl groups excluding tert-OH is 1. The lowest BCUT2D eigenvalue weighted by Gasteiger charge is -2.39. The number of ether oxygens (including phenoxy) is 2. The fraction of sp³-hybridized carbons (Fsp3) is 1.00. The van der Waals surface area contributed by atoms with Gasteiger partial charge in [-0.2, -0.15) is 0 Å². The van der Waals surface area contributed by atoms with Gasteiger partial charge in [0.1, 0.15) is 0 Å². The van der Waals surface area contributed by atoms with Crippen LogP contribution < -0.4 is 0 Å². The zero-order valence-electron chi connectivity index (χ0n) is 8.45. The Labute approximate surface area is 84.4 Å². The predicted molar refractivity (Wildman–Crippen MR) is 51.1 cm³/mol. The Kier molecular flexibility index (Phi) is 2.08. The highest BCUT2D eigenvalue weighted by Crippen LogP contribution is 2.47. The second-order valence-corrected chi connectivity index (χ2v) is 4.89. The van der Waals surface area contributed by atoms with Gasteiger partial charge in [-0.1, -0.05) is 0 Å². The standard InChI is InChI=1S/C11H18O3/c12-7-9-4-6-11(14-9)5-3-8-1-2-10(11)13-8/h8-10,12H,1-7H2. The highest BCUT2D eigenvalue weighted by Gasteiger charge is 2.52. The summed E-state index contributed by atoms with van der Waals surface area (Å²) in [5.74, 6) is 0. The van der Waals surface area contributed by atoms with E-state index in [0.717, 1.165) is 32.1 Å². The van der Waals surface area contributed by atoms with Crippen molar-refractivity contribution in [3.8, 4) is 0 Å². The average molecular weight is 198 g/mol. The molecule has 14 heavy (non-hydrogen) atoms. The molecule has 2 bridgehead atoms. The molecule has 4 atom stereocenters. The molecule has 3 nitrogen and oxygen atoms in total. The SMILES string of the molecule is OCC1CCC2(CCC3CCC2O3)O1. The monoisotopic (exact) mass is 198 g/mol. The van der Waals surface area contributed by atoms with Gasteiger partial charge in [-0.25, -0.2) is 0 Å².